The van der Waals surface area contributed by atoms with E-state index in [2.05, 4.69) is 46.8 Å². The molecule has 4 fully saturated rings. The molecule has 6 aliphatic carbocycles. The molecule has 2 heteroatoms. The number of allylic oxidation sites excluding steroid dienone is 4. The van der Waals surface area contributed by atoms with Gasteiger partial charge in [-0.25, -0.2) is 0 Å². The molecule has 9 atom stereocenters. The van der Waals surface area contributed by atoms with Crippen molar-refractivity contribution in [2.75, 3.05) is 0 Å². The van der Waals surface area contributed by atoms with Crippen LogP contribution in [-0.2, 0) is 4.79 Å². The molecular formula is C33H50O2. The molecule has 35 heavy (non-hydrogen) atoms. The molecule has 6 rings (SSSR count). The van der Waals surface area contributed by atoms with Crippen LogP contribution in [0.5, 0.6) is 0 Å². The highest BCUT2D eigenvalue weighted by molar-refractivity contribution is 5.70. The Hall–Kier alpha value is -1.05. The summed E-state index contributed by atoms with van der Waals surface area (Å²) in [6, 6.07) is 0. The maximum absolute atomic E-state index is 11.5. The van der Waals surface area contributed by atoms with Gasteiger partial charge in [-0.1, -0.05) is 53.2 Å². The molecule has 2 nitrogen and oxygen atoms in total. The van der Waals surface area contributed by atoms with Crippen LogP contribution >= 0.6 is 0 Å². The van der Waals surface area contributed by atoms with Crippen molar-refractivity contribution in [2.24, 2.45) is 57.2 Å². The summed E-state index contributed by atoms with van der Waals surface area (Å²) in [6.45, 7) is 13.1. The quantitative estimate of drug-likeness (QED) is 0.430. The molecule has 0 aromatic carbocycles. The van der Waals surface area contributed by atoms with Crippen LogP contribution in [0.2, 0.25) is 0 Å². The highest BCUT2D eigenvalue weighted by Crippen LogP contribution is 2.73. The fourth-order valence-corrected chi connectivity index (χ4v) is 12.0. The molecule has 6 aliphatic rings. The predicted octanol–water partition coefficient (Wildman–Crippen LogP) is 8.82. The van der Waals surface area contributed by atoms with Crippen molar-refractivity contribution in [3.8, 4) is 0 Å². The van der Waals surface area contributed by atoms with Crippen LogP contribution in [-0.4, -0.2) is 11.1 Å². The Labute approximate surface area is 214 Å². The van der Waals surface area contributed by atoms with Gasteiger partial charge in [0.15, 0.2) is 0 Å². The first-order valence-electron chi connectivity index (χ1n) is 15.1. The number of aliphatic carboxylic acids is 1. The lowest BCUT2D eigenvalue weighted by Gasteiger charge is -2.68. The Morgan fingerprint density at radius 3 is 2.34 bits per heavy atom. The molecule has 0 aromatic heterocycles. The summed E-state index contributed by atoms with van der Waals surface area (Å²) in [5.41, 5.74) is 4.81. The van der Waals surface area contributed by atoms with Crippen molar-refractivity contribution in [2.45, 2.75) is 118 Å². The first-order valence-corrected chi connectivity index (χ1v) is 15.1. The van der Waals surface area contributed by atoms with E-state index in [1.54, 1.807) is 5.57 Å². The van der Waals surface area contributed by atoms with E-state index in [4.69, 9.17) is 0 Å². The van der Waals surface area contributed by atoms with Crippen LogP contribution in [0.4, 0.5) is 0 Å². The van der Waals surface area contributed by atoms with Gasteiger partial charge in [-0.15, -0.1) is 0 Å². The summed E-state index contributed by atoms with van der Waals surface area (Å²) in [5, 5.41) is 9.46. The highest BCUT2D eigenvalue weighted by Gasteiger charge is 2.64. The Kier molecular flexibility index (Phi) is 5.53. The molecule has 4 unspecified atom stereocenters. The van der Waals surface area contributed by atoms with Gasteiger partial charge in [0.2, 0.25) is 0 Å². The first-order chi connectivity index (χ1) is 16.5. The van der Waals surface area contributed by atoms with Gasteiger partial charge in [-0.3, -0.25) is 4.79 Å². The summed E-state index contributed by atoms with van der Waals surface area (Å²) in [5.74, 6) is 3.75. The predicted molar refractivity (Wildman–Crippen MR) is 143 cm³/mol. The summed E-state index contributed by atoms with van der Waals surface area (Å²) >= 11 is 0. The zero-order valence-corrected chi connectivity index (χ0v) is 23.2. The van der Waals surface area contributed by atoms with E-state index >= 15 is 0 Å². The normalized spacial score (nSPS) is 50.7. The van der Waals surface area contributed by atoms with Gasteiger partial charge in [-0.2, -0.15) is 0 Å². The van der Waals surface area contributed by atoms with Gasteiger partial charge < -0.3 is 5.11 Å². The maximum Gasteiger partial charge on any atom is 0.306 e. The summed E-state index contributed by atoms with van der Waals surface area (Å²) < 4.78 is 0. The lowest BCUT2D eigenvalue weighted by molar-refractivity contribution is -0.179. The highest BCUT2D eigenvalue weighted by atomic mass is 16.4. The minimum Gasteiger partial charge on any atom is -0.481 e. The number of hydrogen-bond donors (Lipinski definition) is 1. The molecule has 0 spiro atoms. The Morgan fingerprint density at radius 2 is 1.63 bits per heavy atom. The number of carboxylic acid groups (broad SMARTS) is 1. The fraction of sp³-hybridized carbons (Fsp3) is 0.848. The molecule has 0 saturated heterocycles. The van der Waals surface area contributed by atoms with Crippen molar-refractivity contribution < 1.29 is 9.90 Å². The Balaban J connectivity index is 1.29. The van der Waals surface area contributed by atoms with Gasteiger partial charge >= 0.3 is 5.97 Å². The van der Waals surface area contributed by atoms with Gasteiger partial charge in [-0.05, 0) is 139 Å². The molecule has 194 valence electrons. The largest absolute Gasteiger partial charge is 0.481 e. The third-order valence-electron chi connectivity index (χ3n) is 13.6. The molecule has 0 heterocycles. The second kappa shape index (κ2) is 7.97. The molecule has 0 aromatic rings. The molecule has 1 N–H and O–H groups in total. The molecule has 0 aliphatic heterocycles. The third kappa shape index (κ3) is 3.36. The van der Waals surface area contributed by atoms with Crippen molar-refractivity contribution in [3.63, 3.8) is 0 Å². The number of fused-ring (bicyclic) bond motifs is 7. The van der Waals surface area contributed by atoms with Crippen molar-refractivity contribution in [3.05, 3.63) is 23.3 Å². The summed E-state index contributed by atoms with van der Waals surface area (Å²) in [6.07, 6.45) is 21.8. The van der Waals surface area contributed by atoms with Crippen LogP contribution < -0.4 is 0 Å². The second-order valence-electron chi connectivity index (χ2n) is 15.3. The maximum atomic E-state index is 11.5. The van der Waals surface area contributed by atoms with E-state index < -0.39 is 5.97 Å². The number of carboxylic acids is 1. The van der Waals surface area contributed by atoms with Gasteiger partial charge in [0.05, 0.1) is 5.92 Å². The van der Waals surface area contributed by atoms with Gasteiger partial charge in [0.1, 0.15) is 0 Å². The first kappa shape index (κ1) is 24.3. The Morgan fingerprint density at radius 1 is 0.829 bits per heavy atom. The van der Waals surface area contributed by atoms with Gasteiger partial charge in [0.25, 0.3) is 0 Å². The van der Waals surface area contributed by atoms with E-state index in [0.717, 1.165) is 42.4 Å². The molecule has 4 saturated carbocycles. The average molecular weight is 479 g/mol. The van der Waals surface area contributed by atoms with E-state index in [1.807, 2.05) is 0 Å². The number of hydrogen-bond acceptors (Lipinski definition) is 1. The SMILES string of the molecule is CC1(C)C(C2=CCC(C(=O)O)CC2)=CC[C@@]2(C)C1CC[C@@]1(C)C3CC[C@@]4(C)CCC[C@@H]4[C@H]3CCC12. The summed E-state index contributed by atoms with van der Waals surface area (Å²) in [4.78, 5) is 11.5. The molecule has 0 amide bonds. The van der Waals surface area contributed by atoms with E-state index in [9.17, 15) is 9.90 Å². The number of rotatable bonds is 2. The van der Waals surface area contributed by atoms with Crippen LogP contribution in [0.1, 0.15) is 118 Å². The minimum atomic E-state index is -0.618. The lowest BCUT2D eigenvalue weighted by atomic mass is 9.36. The van der Waals surface area contributed by atoms with Crippen molar-refractivity contribution >= 4 is 5.97 Å². The second-order valence-corrected chi connectivity index (χ2v) is 15.3. The third-order valence-corrected chi connectivity index (χ3v) is 13.6. The molecular weight excluding hydrogens is 428 g/mol. The lowest BCUT2D eigenvalue weighted by Crippen LogP contribution is -2.61. The van der Waals surface area contributed by atoms with Crippen LogP contribution in [0, 0.1) is 57.2 Å². The molecule has 0 bridgehead atoms. The van der Waals surface area contributed by atoms with Crippen LogP contribution in [0.3, 0.4) is 0 Å². The van der Waals surface area contributed by atoms with Crippen molar-refractivity contribution in [1.82, 2.24) is 0 Å². The fourth-order valence-electron chi connectivity index (χ4n) is 12.0. The standard InChI is InChI=1S/C33H50O2/c1-30(2)24(21-8-10-22(11-9-21)29(34)35)15-19-33(5)27(30)16-20-32(4)26-14-18-31(3)17-6-7-25(31)23(26)12-13-28(32)33/h8,15,22-23,25-28H,6-7,9-14,16-20H2,1-5H3,(H,34,35)/t22?,23-,25-,26?,27?,28?,31-,32+,33+/m1/s1. The van der Waals surface area contributed by atoms with Crippen LogP contribution in [0.25, 0.3) is 0 Å². The van der Waals surface area contributed by atoms with E-state index in [1.165, 1.54) is 69.8 Å². The topological polar surface area (TPSA) is 37.3 Å². The van der Waals surface area contributed by atoms with Crippen molar-refractivity contribution in [1.29, 1.82) is 0 Å². The zero-order valence-electron chi connectivity index (χ0n) is 23.2. The monoisotopic (exact) mass is 478 g/mol. The zero-order chi connectivity index (χ0) is 24.8. The van der Waals surface area contributed by atoms with E-state index in [-0.39, 0.29) is 11.3 Å². The number of carbonyl (C=O) groups is 1. The minimum absolute atomic E-state index is 0.181. The average Bonchev–Trinajstić information content (AvgIpc) is 3.20. The smallest absolute Gasteiger partial charge is 0.306 e. The van der Waals surface area contributed by atoms with Crippen LogP contribution in [0.15, 0.2) is 23.3 Å². The summed E-state index contributed by atoms with van der Waals surface area (Å²) in [7, 11) is 0. The van der Waals surface area contributed by atoms with Gasteiger partial charge in [0, 0.05) is 0 Å². The molecule has 0 radical (unpaired) electrons. The Bertz CT molecular complexity index is 956. The van der Waals surface area contributed by atoms with E-state index in [0.29, 0.717) is 22.7 Å².